The molecular formula is C17H22IN3. The predicted molar refractivity (Wildman–Crippen MR) is 95.4 cm³/mol. The Morgan fingerprint density at radius 2 is 1.86 bits per heavy atom. The molecule has 0 fully saturated rings. The monoisotopic (exact) mass is 395 g/mol. The van der Waals surface area contributed by atoms with Crippen LogP contribution in [0.2, 0.25) is 0 Å². The number of benzene rings is 1. The van der Waals surface area contributed by atoms with E-state index < -0.39 is 0 Å². The van der Waals surface area contributed by atoms with Gasteiger partial charge in [-0.2, -0.15) is 10.2 Å². The lowest BCUT2D eigenvalue weighted by molar-refractivity contribution is 0.523. The molecule has 1 N–H and O–H groups in total. The van der Waals surface area contributed by atoms with Crippen LogP contribution in [0, 0.1) is 17.4 Å². The van der Waals surface area contributed by atoms with E-state index in [4.69, 9.17) is 0 Å². The highest BCUT2D eigenvalue weighted by Gasteiger charge is 2.15. The molecule has 1 aromatic heterocycles. The molecule has 1 heterocycles. The Morgan fingerprint density at radius 3 is 2.52 bits per heavy atom. The predicted octanol–water partition coefficient (Wildman–Crippen LogP) is 3.98. The third kappa shape index (κ3) is 4.74. The average molecular weight is 395 g/mol. The van der Waals surface area contributed by atoms with Crippen molar-refractivity contribution in [2.75, 3.05) is 6.54 Å². The topological polar surface area (TPSA) is 37.8 Å². The molecule has 1 unspecified atom stereocenters. The van der Waals surface area contributed by atoms with Crippen molar-refractivity contribution in [1.29, 1.82) is 0 Å². The van der Waals surface area contributed by atoms with Crippen molar-refractivity contribution in [1.82, 2.24) is 15.5 Å². The second-order valence-electron chi connectivity index (χ2n) is 5.36. The van der Waals surface area contributed by atoms with Crippen LogP contribution in [0.5, 0.6) is 0 Å². The van der Waals surface area contributed by atoms with E-state index in [9.17, 15) is 0 Å². The minimum atomic E-state index is 0.291. The van der Waals surface area contributed by atoms with Crippen molar-refractivity contribution >= 4 is 22.6 Å². The van der Waals surface area contributed by atoms with E-state index >= 15 is 0 Å². The SMILES string of the molecule is CCCNC(Cc1ccc(I)cc1)c1cc(C)nnc1C. The zero-order chi connectivity index (χ0) is 15.2. The fraction of sp³-hybridized carbons (Fsp3) is 0.412. The quantitative estimate of drug-likeness (QED) is 0.752. The van der Waals surface area contributed by atoms with Crippen molar-refractivity contribution in [3.8, 4) is 0 Å². The van der Waals surface area contributed by atoms with Gasteiger partial charge in [-0.3, -0.25) is 0 Å². The van der Waals surface area contributed by atoms with Gasteiger partial charge in [0.2, 0.25) is 0 Å². The molecule has 0 spiro atoms. The zero-order valence-corrected chi connectivity index (χ0v) is 15.0. The van der Waals surface area contributed by atoms with E-state index in [1.165, 1.54) is 14.7 Å². The van der Waals surface area contributed by atoms with Crippen molar-refractivity contribution < 1.29 is 0 Å². The molecule has 1 aromatic carbocycles. The van der Waals surface area contributed by atoms with Gasteiger partial charge in [-0.1, -0.05) is 19.1 Å². The van der Waals surface area contributed by atoms with Crippen LogP contribution >= 0.6 is 22.6 Å². The number of aromatic nitrogens is 2. The summed E-state index contributed by atoms with van der Waals surface area (Å²) in [5.74, 6) is 0. The Morgan fingerprint density at radius 1 is 1.14 bits per heavy atom. The van der Waals surface area contributed by atoms with Gasteiger partial charge >= 0.3 is 0 Å². The van der Waals surface area contributed by atoms with Gasteiger partial charge in [0.25, 0.3) is 0 Å². The van der Waals surface area contributed by atoms with Crippen molar-refractivity contribution in [2.45, 2.75) is 39.7 Å². The third-order valence-electron chi connectivity index (χ3n) is 3.51. The first kappa shape index (κ1) is 16.4. The first-order valence-electron chi connectivity index (χ1n) is 7.38. The number of rotatable bonds is 6. The Balaban J connectivity index is 2.25. The molecule has 0 saturated carbocycles. The zero-order valence-electron chi connectivity index (χ0n) is 12.9. The van der Waals surface area contributed by atoms with Gasteiger partial charge in [-0.15, -0.1) is 0 Å². The van der Waals surface area contributed by atoms with E-state index in [1.807, 2.05) is 13.8 Å². The molecule has 0 aliphatic heterocycles. The van der Waals surface area contributed by atoms with Gasteiger partial charge in [0, 0.05) is 9.61 Å². The van der Waals surface area contributed by atoms with Crippen LogP contribution in [0.1, 0.15) is 41.9 Å². The van der Waals surface area contributed by atoms with E-state index in [1.54, 1.807) is 0 Å². The van der Waals surface area contributed by atoms with Gasteiger partial charge in [-0.05, 0) is 85.2 Å². The maximum atomic E-state index is 4.27. The summed E-state index contributed by atoms with van der Waals surface area (Å²) in [4.78, 5) is 0. The Labute approximate surface area is 140 Å². The largest absolute Gasteiger partial charge is 0.310 e. The van der Waals surface area contributed by atoms with E-state index in [0.717, 1.165) is 30.8 Å². The van der Waals surface area contributed by atoms with Crippen LogP contribution in [0.25, 0.3) is 0 Å². The highest BCUT2D eigenvalue weighted by molar-refractivity contribution is 14.1. The molecule has 1 atom stereocenters. The van der Waals surface area contributed by atoms with Crippen molar-refractivity contribution in [3.05, 3.63) is 56.4 Å². The van der Waals surface area contributed by atoms with Crippen LogP contribution in [0.4, 0.5) is 0 Å². The van der Waals surface area contributed by atoms with Gasteiger partial charge in [0.15, 0.2) is 0 Å². The Hall–Kier alpha value is -1.01. The molecule has 0 amide bonds. The molecule has 0 aliphatic rings. The molecule has 21 heavy (non-hydrogen) atoms. The van der Waals surface area contributed by atoms with Crippen LogP contribution in [0.3, 0.4) is 0 Å². The van der Waals surface area contributed by atoms with E-state index in [0.29, 0.717) is 6.04 Å². The molecule has 2 aromatic rings. The summed E-state index contributed by atoms with van der Waals surface area (Å²) in [5.41, 5.74) is 4.59. The molecule has 0 radical (unpaired) electrons. The molecular weight excluding hydrogens is 373 g/mol. The summed E-state index contributed by atoms with van der Waals surface area (Å²) in [5, 5.41) is 12.1. The lowest BCUT2D eigenvalue weighted by Gasteiger charge is -2.21. The number of aryl methyl sites for hydroxylation is 2. The second kappa shape index (κ2) is 7.84. The lowest BCUT2D eigenvalue weighted by Crippen LogP contribution is -2.25. The van der Waals surface area contributed by atoms with Gasteiger partial charge in [0.1, 0.15) is 0 Å². The summed E-state index contributed by atoms with van der Waals surface area (Å²) in [7, 11) is 0. The number of hydrogen-bond donors (Lipinski definition) is 1. The normalized spacial score (nSPS) is 12.4. The van der Waals surface area contributed by atoms with Crippen molar-refractivity contribution in [3.63, 3.8) is 0 Å². The van der Waals surface area contributed by atoms with Crippen LogP contribution in [-0.2, 0) is 6.42 Å². The lowest BCUT2D eigenvalue weighted by atomic mass is 9.97. The average Bonchev–Trinajstić information content (AvgIpc) is 2.48. The molecule has 4 heteroatoms. The standard InChI is InChI=1S/C17H22IN3/c1-4-9-19-17(11-14-5-7-15(18)8-6-14)16-10-12(2)20-21-13(16)3/h5-8,10,17,19H,4,9,11H2,1-3H3. The number of hydrogen-bond acceptors (Lipinski definition) is 3. The maximum absolute atomic E-state index is 4.27. The molecule has 2 rings (SSSR count). The molecule has 0 aliphatic carbocycles. The van der Waals surface area contributed by atoms with Crippen LogP contribution in [-0.4, -0.2) is 16.7 Å². The van der Waals surface area contributed by atoms with Gasteiger partial charge < -0.3 is 5.32 Å². The highest BCUT2D eigenvalue weighted by atomic mass is 127. The minimum Gasteiger partial charge on any atom is -0.310 e. The van der Waals surface area contributed by atoms with Crippen LogP contribution < -0.4 is 5.32 Å². The fourth-order valence-corrected chi connectivity index (χ4v) is 2.75. The maximum Gasteiger partial charge on any atom is 0.0648 e. The third-order valence-corrected chi connectivity index (χ3v) is 4.23. The van der Waals surface area contributed by atoms with Gasteiger partial charge in [0.05, 0.1) is 11.4 Å². The molecule has 112 valence electrons. The highest BCUT2D eigenvalue weighted by Crippen LogP contribution is 2.21. The van der Waals surface area contributed by atoms with E-state index in [-0.39, 0.29) is 0 Å². The summed E-state index contributed by atoms with van der Waals surface area (Å²) in [6.45, 7) is 7.24. The number of nitrogens with zero attached hydrogens (tertiary/aromatic N) is 2. The smallest absolute Gasteiger partial charge is 0.0648 e. The number of nitrogens with one attached hydrogen (secondary N) is 1. The second-order valence-corrected chi connectivity index (χ2v) is 6.61. The molecule has 0 bridgehead atoms. The summed E-state index contributed by atoms with van der Waals surface area (Å²) in [6, 6.07) is 11.2. The summed E-state index contributed by atoms with van der Waals surface area (Å²) >= 11 is 2.34. The molecule has 0 saturated heterocycles. The van der Waals surface area contributed by atoms with Crippen LogP contribution in [0.15, 0.2) is 30.3 Å². The minimum absolute atomic E-state index is 0.291. The summed E-state index contributed by atoms with van der Waals surface area (Å²) < 4.78 is 1.27. The Kier molecular flexibility index (Phi) is 6.11. The van der Waals surface area contributed by atoms with Gasteiger partial charge in [-0.25, -0.2) is 0 Å². The van der Waals surface area contributed by atoms with Crippen molar-refractivity contribution in [2.24, 2.45) is 0 Å². The van der Waals surface area contributed by atoms with E-state index in [2.05, 4.69) is 75.4 Å². The first-order valence-corrected chi connectivity index (χ1v) is 8.46. The number of halogens is 1. The molecule has 3 nitrogen and oxygen atoms in total. The summed E-state index contributed by atoms with van der Waals surface area (Å²) in [6.07, 6.45) is 2.10. The first-order chi connectivity index (χ1) is 10.1. The fourth-order valence-electron chi connectivity index (χ4n) is 2.39. The Bertz CT molecular complexity index is 581.